The van der Waals surface area contributed by atoms with E-state index in [-0.39, 0.29) is 63.8 Å². The number of carboxylic acids is 1. The highest BCUT2D eigenvalue weighted by Gasteiger charge is 2.43. The fraction of sp³-hybridized carbons (Fsp3) is 0.410. The summed E-state index contributed by atoms with van der Waals surface area (Å²) in [6.45, 7) is 8.90. The smallest absolute Gasteiger partial charge is 0.478 e. The van der Waals surface area contributed by atoms with Crippen LogP contribution in [-0.4, -0.2) is 134 Å². The number of ether oxygens (including phenoxy) is 3. The van der Waals surface area contributed by atoms with E-state index in [4.69, 9.17) is 38.7 Å². The van der Waals surface area contributed by atoms with Crippen LogP contribution in [0, 0.1) is 11.7 Å². The van der Waals surface area contributed by atoms with E-state index in [0.717, 1.165) is 24.3 Å². The van der Waals surface area contributed by atoms with E-state index in [9.17, 15) is 69.3 Å². The molecule has 2 aliphatic heterocycles. The van der Waals surface area contributed by atoms with Crippen molar-refractivity contribution in [3.05, 3.63) is 58.9 Å². The van der Waals surface area contributed by atoms with Crippen molar-refractivity contribution >= 4 is 123 Å². The monoisotopic (exact) mass is 1240 g/mol. The van der Waals surface area contributed by atoms with Gasteiger partial charge in [0.05, 0.1) is 24.0 Å². The molecule has 2 aromatic carbocycles. The highest BCUT2D eigenvalue weighted by atomic mass is 33.1. The first-order valence-electron chi connectivity index (χ1n) is 21.2. The molecule has 5 rings (SSSR count). The maximum Gasteiger partial charge on any atom is 0.490 e. The van der Waals surface area contributed by atoms with Crippen LogP contribution in [0.5, 0.6) is 0 Å². The summed E-state index contributed by atoms with van der Waals surface area (Å²) in [6, 6.07) is 7.16. The zero-order valence-corrected chi connectivity index (χ0v) is 47.6. The van der Waals surface area contributed by atoms with Crippen LogP contribution in [-0.2, 0) is 61.3 Å². The van der Waals surface area contributed by atoms with Gasteiger partial charge in [0.2, 0.25) is 0 Å². The quantitative estimate of drug-likeness (QED) is 0.00340. The second-order valence-electron chi connectivity index (χ2n) is 17.3. The van der Waals surface area contributed by atoms with Crippen LogP contribution in [0.2, 0.25) is 0 Å². The predicted octanol–water partition coefficient (Wildman–Crippen LogP) is 5.78. The highest BCUT2D eigenvalue weighted by Crippen LogP contribution is 2.66. The first-order valence-corrected chi connectivity index (χ1v) is 33.2. The van der Waals surface area contributed by atoms with Gasteiger partial charge < -0.3 is 59.6 Å². The fourth-order valence-electron chi connectivity index (χ4n) is 6.83. The Morgan fingerprint density at radius 2 is 1.57 bits per heavy atom. The minimum absolute atomic E-state index is 0.0355. The van der Waals surface area contributed by atoms with Crippen molar-refractivity contribution in [2.45, 2.75) is 78.5 Å². The number of amides is 1. The molecule has 27 nitrogen and oxygen atoms in total. The first kappa shape index (κ1) is 63.6. The van der Waals surface area contributed by atoms with Gasteiger partial charge in [0.25, 0.3) is 23.3 Å². The van der Waals surface area contributed by atoms with Crippen LogP contribution in [0.3, 0.4) is 0 Å². The average molecular weight is 1240 g/mol. The normalized spacial score (nSPS) is 18.5. The summed E-state index contributed by atoms with van der Waals surface area (Å²) in [5, 5.41) is 24.7. The van der Waals surface area contributed by atoms with E-state index in [1.54, 1.807) is 0 Å². The molecule has 76 heavy (non-hydrogen) atoms. The molecule has 0 aromatic heterocycles. The number of phosphoric ester groups is 1. The number of nitrogens with zero attached hydrogens (tertiary/aromatic N) is 1. The standard InChI is InChI=1S/C39H48BN3O24P3S6/c1-38(2,3)73-72-20-62-28-16-30(64-29(28)17-63-69(51,52)67-70(53,54)66-68(48,49)50)40-13-6-14-61-19-71-74-39(4,5)18-42-36(44)21-7-8-22(25(15-21)37(45)46)31-23-9-11-26(41)34(75(55,56)57)32(23)65-33-24(31)10-12-27(43-47)35(33)76(58,59)60/h7-12,15,28-30,47H,14,16-20,41H2,1-5H3,(H,42,44)(H,45,46)(H,51,52)(H,53,54)(H2,48,49,50)(H,55,56,57)(H,58,59,60)/b43-27+/t28-,29-,30-/m1/s1. The van der Waals surface area contributed by atoms with Crippen LogP contribution >= 0.6 is 66.6 Å². The lowest BCUT2D eigenvalue weighted by molar-refractivity contribution is -0.0240. The number of nitrogen functional groups attached to an aromatic ring is 1. The molecule has 0 saturated carbocycles. The zero-order chi connectivity index (χ0) is 56.8. The Hall–Kier alpha value is -3.20. The number of nitrogens with one attached hydrogen (secondary N) is 1. The zero-order valence-electron chi connectivity index (χ0n) is 40.0. The first-order chi connectivity index (χ1) is 35.0. The van der Waals surface area contributed by atoms with Crippen LogP contribution in [0.25, 0.3) is 33.4 Å². The lowest BCUT2D eigenvalue weighted by atomic mass is 9.71. The van der Waals surface area contributed by atoms with Gasteiger partial charge in [-0.1, -0.05) is 81.1 Å². The van der Waals surface area contributed by atoms with Gasteiger partial charge in [-0.25, -0.2) is 18.5 Å². The molecule has 3 aliphatic rings. The van der Waals surface area contributed by atoms with Crippen LogP contribution in [0.1, 0.15) is 61.8 Å². The van der Waals surface area contributed by atoms with Crippen molar-refractivity contribution in [3.8, 4) is 34.2 Å². The van der Waals surface area contributed by atoms with E-state index in [1.165, 1.54) is 68.7 Å². The summed E-state index contributed by atoms with van der Waals surface area (Å²) in [7, 11) is -20.3. The second kappa shape index (κ2) is 25.5. The van der Waals surface area contributed by atoms with Crippen molar-refractivity contribution in [3.63, 3.8) is 0 Å². The molecule has 11 N–H and O–H groups in total. The summed E-state index contributed by atoms with van der Waals surface area (Å²) in [6.07, 6.45) is -1.56. The number of phosphoric acid groups is 3. The molecule has 1 saturated heterocycles. The lowest BCUT2D eigenvalue weighted by Gasteiger charge is -2.23. The molecule has 2 aromatic rings. The number of anilines is 1. The Labute approximate surface area is 450 Å². The van der Waals surface area contributed by atoms with Gasteiger partial charge in [-0.05, 0) is 62.2 Å². The van der Waals surface area contributed by atoms with Crippen molar-refractivity contribution < 1.29 is 111 Å². The van der Waals surface area contributed by atoms with E-state index in [2.05, 4.69) is 30.8 Å². The largest absolute Gasteiger partial charge is 0.490 e. The Kier molecular flexibility index (Phi) is 21.4. The van der Waals surface area contributed by atoms with Gasteiger partial charge in [-0.3, -0.25) is 18.4 Å². The Balaban J connectivity index is 1.20. The van der Waals surface area contributed by atoms with Gasteiger partial charge in [-0.2, -0.15) is 31.3 Å². The number of hydrogen-bond donors (Lipinski definition) is 10. The van der Waals surface area contributed by atoms with E-state index in [1.807, 2.05) is 34.6 Å². The summed E-state index contributed by atoms with van der Waals surface area (Å²) in [5.41, 5.74) is 3.26. The number of nitrogens with two attached hydrogens (primary N) is 1. The van der Waals surface area contributed by atoms with Gasteiger partial charge in [0, 0.05) is 44.1 Å². The number of rotatable bonds is 24. The Morgan fingerprint density at radius 1 is 0.908 bits per heavy atom. The molecule has 1 aliphatic carbocycles. The molecular formula is C39H48BN3O24P3S6. The minimum Gasteiger partial charge on any atom is -0.478 e. The Bertz CT molecular complexity index is 3330. The van der Waals surface area contributed by atoms with Gasteiger partial charge in [0.15, 0.2) is 21.1 Å². The molecule has 5 atom stereocenters. The molecule has 1 amide bonds. The van der Waals surface area contributed by atoms with Crippen molar-refractivity contribution in [2.75, 3.05) is 37.4 Å². The van der Waals surface area contributed by atoms with Crippen molar-refractivity contribution in [1.29, 1.82) is 0 Å². The minimum atomic E-state index is -5.74. The molecule has 2 heterocycles. The summed E-state index contributed by atoms with van der Waals surface area (Å²) in [5.74, 6) is 2.80. The maximum absolute atomic E-state index is 13.5. The molecule has 1 radical (unpaired) electrons. The van der Waals surface area contributed by atoms with Crippen LogP contribution < -0.4 is 16.4 Å². The topological polar surface area (TPSA) is 434 Å². The number of hydrogen-bond acceptors (Lipinski definition) is 23. The molecular weight excluding hydrogens is 1190 g/mol. The van der Waals surface area contributed by atoms with Gasteiger partial charge in [0.1, 0.15) is 29.9 Å². The SMILES string of the molecule is CC(C)(C)SSCO[C@@H]1C[C@H]([B]C#CCOCSSC(C)(C)CNC(=O)c2ccc(-c3c4cc/c(=N\O)c(S(=O)(=O)O)c-4oc4c(S(=O)(=O)O)c(N)ccc34)c(C(=O)O)c2)O[C@@H]1COP(=O)(O)OP(=O)(O)OP(=O)(O)O. The lowest BCUT2D eigenvalue weighted by Crippen LogP contribution is -2.36. The molecule has 0 spiro atoms. The number of aromatic carboxylic acids is 1. The number of carbonyl (C=O) groups excluding carboxylic acids is 1. The van der Waals surface area contributed by atoms with E-state index >= 15 is 0 Å². The molecule has 2 unspecified atom stereocenters. The molecule has 37 heteroatoms. The Morgan fingerprint density at radius 3 is 2.18 bits per heavy atom. The summed E-state index contributed by atoms with van der Waals surface area (Å²) >= 11 is 0. The predicted molar refractivity (Wildman–Crippen MR) is 280 cm³/mol. The third-order valence-corrected chi connectivity index (χ3v) is 21.3. The summed E-state index contributed by atoms with van der Waals surface area (Å²) in [4.78, 5) is 61.2. The van der Waals surface area contributed by atoms with Crippen LogP contribution in [0.15, 0.2) is 61.8 Å². The summed E-state index contributed by atoms with van der Waals surface area (Å²) < 4.78 is 140. The van der Waals surface area contributed by atoms with Gasteiger partial charge in [-0.15, -0.1) is 0 Å². The molecule has 0 bridgehead atoms. The number of benzene rings is 3. The number of fused-ring (bicyclic) bond motifs is 2. The van der Waals surface area contributed by atoms with Crippen LogP contribution in [0.4, 0.5) is 5.69 Å². The number of carbonyl (C=O) groups is 2. The van der Waals surface area contributed by atoms with Crippen molar-refractivity contribution in [1.82, 2.24) is 5.32 Å². The second-order valence-corrected chi connectivity index (χ2v) is 30.5. The third-order valence-electron chi connectivity index (χ3n) is 9.70. The van der Waals surface area contributed by atoms with Gasteiger partial charge >= 0.3 is 39.6 Å². The third kappa shape index (κ3) is 18.2. The molecule has 417 valence electrons. The maximum atomic E-state index is 13.5. The van der Waals surface area contributed by atoms with E-state index < -0.39 is 123 Å². The fourth-order valence-corrected chi connectivity index (χ4v) is 15.5. The van der Waals surface area contributed by atoms with E-state index in [0.29, 0.717) is 0 Å². The molecule has 1 fully saturated rings. The van der Waals surface area contributed by atoms with Crippen molar-refractivity contribution in [2.24, 2.45) is 5.16 Å². The number of carboxylic acid groups (broad SMARTS) is 1. The average Bonchev–Trinajstić information content (AvgIpc) is 3.67. The highest BCUT2D eigenvalue weighted by molar-refractivity contribution is 8.77.